The molecule has 110 valence electrons. The van der Waals surface area contributed by atoms with Crippen LogP contribution in [0.3, 0.4) is 0 Å². The van der Waals surface area contributed by atoms with Crippen LogP contribution in [0.25, 0.3) is 10.8 Å². The van der Waals surface area contributed by atoms with Crippen LogP contribution in [0.1, 0.15) is 15.9 Å². The highest BCUT2D eigenvalue weighted by atomic mass is 16.5. The van der Waals surface area contributed by atoms with Crippen LogP contribution in [0.4, 0.5) is 5.69 Å². The number of hydrogen-bond acceptors (Lipinski definition) is 2. The largest absolute Gasteiger partial charge is 0.495 e. The van der Waals surface area contributed by atoms with E-state index in [1.165, 1.54) is 0 Å². The minimum atomic E-state index is -0.140. The highest BCUT2D eigenvalue weighted by Crippen LogP contribution is 2.27. The molecule has 0 atom stereocenters. The van der Waals surface area contributed by atoms with Gasteiger partial charge in [-0.25, -0.2) is 0 Å². The molecular weight excluding hydrogens is 274 g/mol. The molecule has 1 amide bonds. The van der Waals surface area contributed by atoms with Gasteiger partial charge in [0.2, 0.25) is 0 Å². The second-order valence-corrected chi connectivity index (χ2v) is 5.18. The average Bonchev–Trinajstić information content (AvgIpc) is 2.55. The van der Waals surface area contributed by atoms with Gasteiger partial charge in [-0.2, -0.15) is 0 Å². The van der Waals surface area contributed by atoms with Crippen molar-refractivity contribution in [3.8, 4) is 5.75 Å². The number of carbonyl (C=O) groups excluding carboxylic acids is 1. The van der Waals surface area contributed by atoms with Gasteiger partial charge < -0.3 is 10.1 Å². The fourth-order valence-electron chi connectivity index (χ4n) is 2.51. The van der Waals surface area contributed by atoms with Gasteiger partial charge >= 0.3 is 0 Å². The molecular formula is C19H17NO2. The maximum Gasteiger partial charge on any atom is 0.256 e. The molecule has 3 rings (SSSR count). The van der Waals surface area contributed by atoms with Gasteiger partial charge in [-0.3, -0.25) is 4.79 Å². The molecule has 22 heavy (non-hydrogen) atoms. The molecule has 3 aromatic rings. The summed E-state index contributed by atoms with van der Waals surface area (Å²) in [6.45, 7) is 1.98. The zero-order valence-electron chi connectivity index (χ0n) is 12.6. The Balaban J connectivity index is 1.97. The van der Waals surface area contributed by atoms with Crippen LogP contribution in [-0.4, -0.2) is 13.0 Å². The average molecular weight is 291 g/mol. The first-order chi connectivity index (χ1) is 10.7. The lowest BCUT2D eigenvalue weighted by atomic mass is 10.0. The summed E-state index contributed by atoms with van der Waals surface area (Å²) in [4.78, 5) is 12.6. The van der Waals surface area contributed by atoms with Crippen molar-refractivity contribution in [3.63, 3.8) is 0 Å². The minimum absolute atomic E-state index is 0.140. The third kappa shape index (κ3) is 2.66. The van der Waals surface area contributed by atoms with Crippen LogP contribution in [-0.2, 0) is 0 Å². The normalized spacial score (nSPS) is 10.5. The van der Waals surface area contributed by atoms with E-state index in [4.69, 9.17) is 4.74 Å². The standard InChI is InChI=1S/C19H17NO2/c1-13-10-11-17(18(12-13)22-2)20-19(21)16-9-5-7-14-6-3-4-8-15(14)16/h3-12H,1-2H3,(H,20,21). The van der Waals surface area contributed by atoms with Crippen LogP contribution in [0.5, 0.6) is 5.75 Å². The van der Waals surface area contributed by atoms with Crippen LogP contribution in [0.15, 0.2) is 60.7 Å². The van der Waals surface area contributed by atoms with E-state index in [2.05, 4.69) is 5.32 Å². The minimum Gasteiger partial charge on any atom is -0.495 e. The van der Waals surface area contributed by atoms with Crippen molar-refractivity contribution in [2.75, 3.05) is 12.4 Å². The predicted octanol–water partition coefficient (Wildman–Crippen LogP) is 4.41. The van der Waals surface area contributed by atoms with Crippen LogP contribution in [0, 0.1) is 6.92 Å². The molecule has 0 saturated heterocycles. The summed E-state index contributed by atoms with van der Waals surface area (Å²) in [7, 11) is 1.60. The fraction of sp³-hybridized carbons (Fsp3) is 0.105. The highest BCUT2D eigenvalue weighted by molar-refractivity contribution is 6.13. The van der Waals surface area contributed by atoms with Gasteiger partial charge in [0, 0.05) is 5.56 Å². The Bertz CT molecular complexity index is 834. The van der Waals surface area contributed by atoms with E-state index in [9.17, 15) is 4.79 Å². The summed E-state index contributed by atoms with van der Waals surface area (Å²) in [5, 5.41) is 4.92. The molecule has 1 N–H and O–H groups in total. The van der Waals surface area contributed by atoms with E-state index in [0.29, 0.717) is 17.0 Å². The number of benzene rings is 3. The molecule has 0 bridgehead atoms. The number of methoxy groups -OCH3 is 1. The third-order valence-electron chi connectivity index (χ3n) is 3.64. The lowest BCUT2D eigenvalue weighted by Gasteiger charge is -2.12. The smallest absolute Gasteiger partial charge is 0.256 e. The van der Waals surface area contributed by atoms with Gasteiger partial charge in [0.1, 0.15) is 5.75 Å². The number of hydrogen-bond donors (Lipinski definition) is 1. The summed E-state index contributed by atoms with van der Waals surface area (Å²) in [5.74, 6) is 0.521. The van der Waals surface area contributed by atoms with E-state index in [1.807, 2.05) is 67.6 Å². The van der Waals surface area contributed by atoms with E-state index in [1.54, 1.807) is 7.11 Å². The first kappa shape index (κ1) is 14.1. The summed E-state index contributed by atoms with van der Waals surface area (Å²) in [6, 6.07) is 19.3. The van der Waals surface area contributed by atoms with E-state index in [-0.39, 0.29) is 5.91 Å². The Labute approximate surface area is 129 Å². The van der Waals surface area contributed by atoms with Crippen molar-refractivity contribution in [1.82, 2.24) is 0 Å². The molecule has 3 heteroatoms. The Morgan fingerprint density at radius 1 is 1.00 bits per heavy atom. The number of nitrogens with one attached hydrogen (secondary N) is 1. The number of carbonyl (C=O) groups is 1. The monoisotopic (exact) mass is 291 g/mol. The maximum absolute atomic E-state index is 12.6. The molecule has 0 unspecified atom stereocenters. The lowest BCUT2D eigenvalue weighted by Crippen LogP contribution is -2.13. The van der Waals surface area contributed by atoms with Gasteiger partial charge in [0.25, 0.3) is 5.91 Å². The fourth-order valence-corrected chi connectivity index (χ4v) is 2.51. The highest BCUT2D eigenvalue weighted by Gasteiger charge is 2.12. The Kier molecular flexibility index (Phi) is 3.79. The number of anilines is 1. The predicted molar refractivity (Wildman–Crippen MR) is 89.6 cm³/mol. The van der Waals surface area contributed by atoms with Crippen LogP contribution in [0.2, 0.25) is 0 Å². The number of fused-ring (bicyclic) bond motifs is 1. The Morgan fingerprint density at radius 2 is 1.77 bits per heavy atom. The molecule has 3 nitrogen and oxygen atoms in total. The number of aryl methyl sites for hydroxylation is 1. The SMILES string of the molecule is COc1cc(C)ccc1NC(=O)c1cccc2ccccc12. The number of rotatable bonds is 3. The van der Waals surface area contributed by atoms with Crippen molar-refractivity contribution in [1.29, 1.82) is 0 Å². The van der Waals surface area contributed by atoms with Crippen molar-refractivity contribution < 1.29 is 9.53 Å². The molecule has 0 saturated carbocycles. The van der Waals surface area contributed by atoms with Gasteiger partial charge in [-0.05, 0) is 41.5 Å². The molecule has 0 aliphatic carbocycles. The van der Waals surface area contributed by atoms with E-state index < -0.39 is 0 Å². The topological polar surface area (TPSA) is 38.3 Å². The van der Waals surface area contributed by atoms with Crippen molar-refractivity contribution in [2.24, 2.45) is 0 Å². The third-order valence-corrected chi connectivity index (χ3v) is 3.64. The zero-order chi connectivity index (χ0) is 15.5. The van der Waals surface area contributed by atoms with Crippen LogP contribution >= 0.6 is 0 Å². The van der Waals surface area contributed by atoms with E-state index >= 15 is 0 Å². The Hall–Kier alpha value is -2.81. The molecule has 0 aliphatic heterocycles. The molecule has 0 spiro atoms. The molecule has 3 aromatic carbocycles. The second kappa shape index (κ2) is 5.90. The van der Waals surface area contributed by atoms with Gasteiger partial charge in [-0.15, -0.1) is 0 Å². The van der Waals surface area contributed by atoms with Crippen molar-refractivity contribution >= 4 is 22.4 Å². The van der Waals surface area contributed by atoms with Crippen molar-refractivity contribution in [2.45, 2.75) is 6.92 Å². The summed E-state index contributed by atoms with van der Waals surface area (Å²) in [6.07, 6.45) is 0. The van der Waals surface area contributed by atoms with Crippen LogP contribution < -0.4 is 10.1 Å². The maximum atomic E-state index is 12.6. The molecule has 0 fully saturated rings. The molecule has 0 heterocycles. The van der Waals surface area contributed by atoms with Gasteiger partial charge in [0.15, 0.2) is 0 Å². The lowest BCUT2D eigenvalue weighted by molar-refractivity contribution is 0.102. The first-order valence-electron chi connectivity index (χ1n) is 7.13. The van der Waals surface area contributed by atoms with Crippen molar-refractivity contribution in [3.05, 3.63) is 71.8 Å². The molecule has 0 aliphatic rings. The molecule has 0 aromatic heterocycles. The first-order valence-corrected chi connectivity index (χ1v) is 7.13. The number of amides is 1. The summed E-state index contributed by atoms with van der Waals surface area (Å²) < 4.78 is 5.34. The summed E-state index contributed by atoms with van der Waals surface area (Å²) in [5.41, 5.74) is 2.41. The van der Waals surface area contributed by atoms with Gasteiger partial charge in [-0.1, -0.05) is 42.5 Å². The van der Waals surface area contributed by atoms with E-state index in [0.717, 1.165) is 16.3 Å². The second-order valence-electron chi connectivity index (χ2n) is 5.18. The van der Waals surface area contributed by atoms with Gasteiger partial charge in [0.05, 0.1) is 12.8 Å². The zero-order valence-corrected chi connectivity index (χ0v) is 12.6. The molecule has 0 radical (unpaired) electrons. The summed E-state index contributed by atoms with van der Waals surface area (Å²) >= 11 is 0. The quantitative estimate of drug-likeness (QED) is 0.776. The number of ether oxygens (including phenoxy) is 1. The Morgan fingerprint density at radius 3 is 2.59 bits per heavy atom.